The van der Waals surface area contributed by atoms with Crippen molar-refractivity contribution < 1.29 is 14.3 Å². The molecule has 30 heavy (non-hydrogen) atoms. The van der Waals surface area contributed by atoms with Crippen LogP contribution in [0.15, 0.2) is 84.9 Å². The molecule has 0 saturated heterocycles. The zero-order valence-corrected chi connectivity index (χ0v) is 17.2. The highest BCUT2D eigenvalue weighted by Gasteiger charge is 2.35. The second-order valence-corrected chi connectivity index (χ2v) is 7.72. The molecule has 4 rings (SSSR count). The lowest BCUT2D eigenvalue weighted by molar-refractivity contribution is -0.154. The number of amides is 1. The van der Waals surface area contributed by atoms with E-state index in [1.807, 2.05) is 91.9 Å². The number of hydrogen-bond donors (Lipinski definition) is 0. The number of anilines is 1. The van der Waals surface area contributed by atoms with E-state index in [0.717, 1.165) is 28.8 Å². The monoisotopic (exact) mass is 399 g/mol. The van der Waals surface area contributed by atoms with E-state index < -0.39 is 18.0 Å². The highest BCUT2D eigenvalue weighted by Crippen LogP contribution is 2.33. The summed E-state index contributed by atoms with van der Waals surface area (Å²) in [6.07, 6.45) is -0.0692. The minimum Gasteiger partial charge on any atom is -0.452 e. The molecule has 0 bridgehead atoms. The summed E-state index contributed by atoms with van der Waals surface area (Å²) < 4.78 is 5.73. The van der Waals surface area contributed by atoms with Crippen molar-refractivity contribution in [3.05, 3.63) is 102 Å². The molecule has 0 aromatic heterocycles. The Hall–Kier alpha value is -3.40. The van der Waals surface area contributed by atoms with Crippen LogP contribution in [0.3, 0.4) is 0 Å². The van der Waals surface area contributed by atoms with Crippen molar-refractivity contribution in [3.8, 4) is 0 Å². The van der Waals surface area contributed by atoms with E-state index in [-0.39, 0.29) is 11.9 Å². The van der Waals surface area contributed by atoms with Crippen LogP contribution in [-0.2, 0) is 20.7 Å². The Balaban J connectivity index is 1.56. The maximum atomic E-state index is 13.2. The van der Waals surface area contributed by atoms with Crippen molar-refractivity contribution in [2.45, 2.75) is 38.3 Å². The van der Waals surface area contributed by atoms with E-state index >= 15 is 0 Å². The number of fused-ring (bicyclic) bond motifs is 1. The van der Waals surface area contributed by atoms with E-state index in [1.54, 1.807) is 11.8 Å². The van der Waals surface area contributed by atoms with Gasteiger partial charge < -0.3 is 9.64 Å². The Morgan fingerprint density at radius 2 is 1.40 bits per heavy atom. The van der Waals surface area contributed by atoms with Crippen molar-refractivity contribution in [2.75, 3.05) is 4.90 Å². The van der Waals surface area contributed by atoms with Crippen LogP contribution in [0, 0.1) is 0 Å². The average molecular weight is 399 g/mol. The van der Waals surface area contributed by atoms with Gasteiger partial charge in [0.05, 0.1) is 0 Å². The summed E-state index contributed by atoms with van der Waals surface area (Å²) in [6.45, 7) is 3.67. The number of rotatable bonds is 5. The second-order valence-electron chi connectivity index (χ2n) is 7.72. The van der Waals surface area contributed by atoms with Crippen LogP contribution in [0.4, 0.5) is 5.69 Å². The molecule has 3 aromatic carbocycles. The molecule has 1 aliphatic rings. The second kappa shape index (κ2) is 8.54. The SMILES string of the molecule is C[C@H](OC(=O)C(c1ccccc1)c1ccccc1)C(=O)N1c2ccccc2C[C@H]1C. The third-order valence-corrected chi connectivity index (χ3v) is 5.59. The van der Waals surface area contributed by atoms with Crippen molar-refractivity contribution in [2.24, 2.45) is 0 Å². The number of ether oxygens (including phenoxy) is 1. The van der Waals surface area contributed by atoms with Gasteiger partial charge in [-0.3, -0.25) is 9.59 Å². The zero-order chi connectivity index (χ0) is 21.1. The number of carbonyl (C=O) groups is 2. The van der Waals surface area contributed by atoms with Gasteiger partial charge in [0.15, 0.2) is 6.10 Å². The summed E-state index contributed by atoms with van der Waals surface area (Å²) in [5.74, 6) is -1.19. The lowest BCUT2D eigenvalue weighted by Crippen LogP contribution is -2.43. The maximum absolute atomic E-state index is 13.2. The number of para-hydroxylation sites is 1. The van der Waals surface area contributed by atoms with Gasteiger partial charge in [-0.2, -0.15) is 0 Å². The van der Waals surface area contributed by atoms with E-state index in [9.17, 15) is 9.59 Å². The lowest BCUT2D eigenvalue weighted by atomic mass is 9.91. The van der Waals surface area contributed by atoms with Crippen molar-refractivity contribution in [1.29, 1.82) is 0 Å². The molecule has 0 spiro atoms. The van der Waals surface area contributed by atoms with Gasteiger partial charge in [-0.25, -0.2) is 0 Å². The summed E-state index contributed by atoms with van der Waals surface area (Å²) in [5, 5.41) is 0. The number of hydrogen-bond acceptors (Lipinski definition) is 3. The van der Waals surface area contributed by atoms with E-state index in [4.69, 9.17) is 4.74 Å². The predicted octanol–water partition coefficient (Wildman–Crippen LogP) is 4.73. The Bertz CT molecular complexity index is 993. The van der Waals surface area contributed by atoms with Gasteiger partial charge in [-0.1, -0.05) is 78.9 Å². The molecule has 1 aliphatic heterocycles. The zero-order valence-electron chi connectivity index (χ0n) is 17.2. The van der Waals surface area contributed by atoms with Crippen molar-refractivity contribution in [1.82, 2.24) is 0 Å². The topological polar surface area (TPSA) is 46.6 Å². The van der Waals surface area contributed by atoms with Gasteiger partial charge >= 0.3 is 5.97 Å². The molecular weight excluding hydrogens is 374 g/mol. The molecule has 0 fully saturated rings. The largest absolute Gasteiger partial charge is 0.452 e. The molecule has 1 heterocycles. The van der Waals surface area contributed by atoms with Crippen molar-refractivity contribution >= 4 is 17.6 Å². The number of nitrogens with zero attached hydrogens (tertiary/aromatic N) is 1. The molecule has 3 aromatic rings. The normalized spacial score (nSPS) is 16.2. The summed E-state index contributed by atoms with van der Waals surface area (Å²) in [7, 11) is 0. The van der Waals surface area contributed by atoms with Crippen LogP contribution < -0.4 is 4.90 Å². The first-order valence-electron chi connectivity index (χ1n) is 10.3. The molecule has 0 aliphatic carbocycles. The molecule has 152 valence electrons. The highest BCUT2D eigenvalue weighted by atomic mass is 16.5. The molecule has 4 nitrogen and oxygen atoms in total. The summed E-state index contributed by atoms with van der Waals surface area (Å²) >= 11 is 0. The summed E-state index contributed by atoms with van der Waals surface area (Å²) in [5.41, 5.74) is 3.73. The Labute approximate surface area is 177 Å². The first-order valence-corrected chi connectivity index (χ1v) is 10.3. The third-order valence-electron chi connectivity index (χ3n) is 5.59. The average Bonchev–Trinajstić information content (AvgIpc) is 3.10. The van der Waals surface area contributed by atoms with Gasteiger partial charge in [0.25, 0.3) is 5.91 Å². The summed E-state index contributed by atoms with van der Waals surface area (Å²) in [6, 6.07) is 27.0. The minimum absolute atomic E-state index is 0.0371. The van der Waals surface area contributed by atoms with Gasteiger partial charge in [0, 0.05) is 11.7 Å². The van der Waals surface area contributed by atoms with Crippen LogP contribution in [0.1, 0.15) is 36.5 Å². The van der Waals surface area contributed by atoms with Crippen molar-refractivity contribution in [3.63, 3.8) is 0 Å². The molecule has 0 unspecified atom stereocenters. The summed E-state index contributed by atoms with van der Waals surface area (Å²) in [4.78, 5) is 28.2. The quantitative estimate of drug-likeness (QED) is 0.583. The fourth-order valence-electron chi connectivity index (χ4n) is 4.15. The van der Waals surface area contributed by atoms with E-state index in [2.05, 4.69) is 0 Å². The minimum atomic E-state index is -0.874. The molecule has 0 saturated carbocycles. The predicted molar refractivity (Wildman–Crippen MR) is 117 cm³/mol. The Morgan fingerprint density at radius 1 is 0.867 bits per heavy atom. The smallest absolute Gasteiger partial charge is 0.318 e. The van der Waals surface area contributed by atoms with Crippen LogP contribution >= 0.6 is 0 Å². The number of carbonyl (C=O) groups excluding carboxylic acids is 2. The van der Waals surface area contributed by atoms with Crippen LogP contribution in [0.5, 0.6) is 0 Å². The third kappa shape index (κ3) is 3.86. The molecule has 0 radical (unpaired) electrons. The maximum Gasteiger partial charge on any atom is 0.318 e. The molecule has 4 heteroatoms. The fraction of sp³-hybridized carbons (Fsp3) is 0.231. The molecule has 0 N–H and O–H groups in total. The number of esters is 1. The van der Waals surface area contributed by atoms with E-state index in [0.29, 0.717) is 0 Å². The fourth-order valence-corrected chi connectivity index (χ4v) is 4.15. The van der Waals surface area contributed by atoms with Gasteiger partial charge in [0.2, 0.25) is 0 Å². The Morgan fingerprint density at radius 3 is 2.00 bits per heavy atom. The first-order chi connectivity index (χ1) is 14.6. The van der Waals surface area contributed by atoms with E-state index in [1.165, 1.54) is 0 Å². The Kier molecular flexibility index (Phi) is 5.66. The number of benzene rings is 3. The van der Waals surface area contributed by atoms with Crippen LogP contribution in [-0.4, -0.2) is 24.0 Å². The van der Waals surface area contributed by atoms with Crippen LogP contribution in [0.25, 0.3) is 0 Å². The lowest BCUT2D eigenvalue weighted by Gasteiger charge is -2.27. The first kappa shape index (κ1) is 19.9. The van der Waals surface area contributed by atoms with Gasteiger partial charge in [-0.15, -0.1) is 0 Å². The van der Waals surface area contributed by atoms with Gasteiger partial charge in [0.1, 0.15) is 5.92 Å². The standard InChI is InChI=1S/C26H25NO3/c1-18-17-22-15-9-10-16-23(22)27(18)25(28)19(2)30-26(29)24(20-11-5-3-6-12-20)21-13-7-4-8-14-21/h3-16,18-19,24H,17H2,1-2H3/t18-,19+/m1/s1. The highest BCUT2D eigenvalue weighted by molar-refractivity contribution is 6.00. The molecular formula is C26H25NO3. The molecule has 2 atom stereocenters. The van der Waals surface area contributed by atoms with Crippen LogP contribution in [0.2, 0.25) is 0 Å². The molecule has 1 amide bonds. The van der Waals surface area contributed by atoms with Gasteiger partial charge in [-0.05, 0) is 43.0 Å².